The highest BCUT2D eigenvalue weighted by molar-refractivity contribution is 7.85. The molecule has 0 aliphatic heterocycles. The van der Waals surface area contributed by atoms with Crippen molar-refractivity contribution in [2.45, 2.75) is 32.1 Å². The third-order valence-electron chi connectivity index (χ3n) is 2.85. The van der Waals surface area contributed by atoms with E-state index in [9.17, 15) is 22.6 Å². The van der Waals surface area contributed by atoms with E-state index in [0.29, 0.717) is 0 Å². The SMILES string of the molecule is CCOC(=O)c1cc(C(=O)OCC)c(CC)c(S(=O)(=O)O)c1. The minimum Gasteiger partial charge on any atom is -0.462 e. The molecule has 22 heavy (non-hydrogen) atoms. The Balaban J connectivity index is 3.62. The van der Waals surface area contributed by atoms with Crippen LogP contribution in [0.3, 0.4) is 0 Å². The van der Waals surface area contributed by atoms with Crippen LogP contribution >= 0.6 is 0 Å². The molecule has 0 unspecified atom stereocenters. The van der Waals surface area contributed by atoms with Crippen LogP contribution in [0.15, 0.2) is 17.0 Å². The summed E-state index contributed by atoms with van der Waals surface area (Å²) < 4.78 is 42.1. The highest BCUT2D eigenvalue weighted by Gasteiger charge is 2.25. The molecule has 0 radical (unpaired) electrons. The first-order valence-electron chi connectivity index (χ1n) is 6.74. The van der Waals surface area contributed by atoms with Gasteiger partial charge in [0.05, 0.1) is 29.2 Å². The summed E-state index contributed by atoms with van der Waals surface area (Å²) >= 11 is 0. The van der Waals surface area contributed by atoms with Gasteiger partial charge in [-0.2, -0.15) is 8.42 Å². The van der Waals surface area contributed by atoms with Crippen molar-refractivity contribution >= 4 is 22.1 Å². The fourth-order valence-electron chi connectivity index (χ4n) is 1.96. The molecule has 122 valence electrons. The van der Waals surface area contributed by atoms with Gasteiger partial charge in [0, 0.05) is 0 Å². The summed E-state index contributed by atoms with van der Waals surface area (Å²) in [5.74, 6) is -1.56. The number of carbonyl (C=O) groups is 2. The second-order valence-corrected chi connectivity index (χ2v) is 5.66. The topological polar surface area (TPSA) is 107 Å². The Morgan fingerprint density at radius 1 is 1.05 bits per heavy atom. The number of ether oxygens (including phenoxy) is 2. The standard InChI is InChI=1S/C14H18O7S/c1-4-10-11(14(16)21-6-3)7-9(13(15)20-5-2)8-12(10)22(17,18)19/h7-8H,4-6H2,1-3H3,(H,17,18,19). The van der Waals surface area contributed by atoms with E-state index in [0.717, 1.165) is 6.07 Å². The van der Waals surface area contributed by atoms with Gasteiger partial charge in [-0.3, -0.25) is 4.55 Å². The average molecular weight is 330 g/mol. The molecular formula is C14H18O7S. The number of hydrogen-bond acceptors (Lipinski definition) is 6. The van der Waals surface area contributed by atoms with Gasteiger partial charge >= 0.3 is 11.9 Å². The maximum atomic E-state index is 12.0. The van der Waals surface area contributed by atoms with Crippen molar-refractivity contribution in [1.82, 2.24) is 0 Å². The number of esters is 2. The van der Waals surface area contributed by atoms with Crippen LogP contribution in [-0.2, 0) is 26.0 Å². The highest BCUT2D eigenvalue weighted by Crippen LogP contribution is 2.24. The lowest BCUT2D eigenvalue weighted by atomic mass is 10.0. The maximum Gasteiger partial charge on any atom is 0.338 e. The molecule has 0 amide bonds. The van der Waals surface area contributed by atoms with Crippen LogP contribution in [0, 0.1) is 0 Å². The van der Waals surface area contributed by atoms with E-state index in [2.05, 4.69) is 0 Å². The van der Waals surface area contributed by atoms with Crippen LogP contribution in [0.5, 0.6) is 0 Å². The Labute approximate surface area is 129 Å². The third kappa shape index (κ3) is 4.05. The molecule has 0 bridgehead atoms. The molecule has 1 aromatic rings. The second-order valence-electron chi connectivity index (χ2n) is 4.27. The summed E-state index contributed by atoms with van der Waals surface area (Å²) in [6.07, 6.45) is 0.159. The largest absolute Gasteiger partial charge is 0.462 e. The number of hydrogen-bond donors (Lipinski definition) is 1. The lowest BCUT2D eigenvalue weighted by molar-refractivity contribution is 0.0523. The van der Waals surface area contributed by atoms with Crippen molar-refractivity contribution in [2.75, 3.05) is 13.2 Å². The quantitative estimate of drug-likeness (QED) is 0.626. The number of carbonyl (C=O) groups excluding carboxylic acids is 2. The van der Waals surface area contributed by atoms with Crippen molar-refractivity contribution in [2.24, 2.45) is 0 Å². The number of benzene rings is 1. The van der Waals surface area contributed by atoms with E-state index in [1.807, 2.05) is 0 Å². The molecule has 1 aromatic carbocycles. The monoisotopic (exact) mass is 330 g/mol. The Morgan fingerprint density at radius 2 is 1.59 bits per heavy atom. The van der Waals surface area contributed by atoms with Gasteiger partial charge in [-0.25, -0.2) is 9.59 Å². The molecule has 0 saturated carbocycles. The zero-order chi connectivity index (χ0) is 16.9. The first kappa shape index (κ1) is 18.1. The van der Waals surface area contributed by atoms with E-state index < -0.39 is 27.0 Å². The molecule has 7 nitrogen and oxygen atoms in total. The van der Waals surface area contributed by atoms with Crippen LogP contribution in [-0.4, -0.2) is 38.1 Å². The van der Waals surface area contributed by atoms with Gasteiger partial charge in [-0.05, 0) is 38.0 Å². The van der Waals surface area contributed by atoms with E-state index in [4.69, 9.17) is 9.47 Å². The Bertz CT molecular complexity index is 677. The normalized spacial score (nSPS) is 11.1. The summed E-state index contributed by atoms with van der Waals surface area (Å²) in [6.45, 7) is 4.99. The van der Waals surface area contributed by atoms with E-state index in [1.165, 1.54) is 6.07 Å². The maximum absolute atomic E-state index is 12.0. The molecule has 0 fully saturated rings. The molecule has 0 aromatic heterocycles. The molecule has 0 aliphatic carbocycles. The van der Waals surface area contributed by atoms with Gasteiger partial charge < -0.3 is 9.47 Å². The van der Waals surface area contributed by atoms with Gasteiger partial charge in [0.2, 0.25) is 0 Å². The summed E-state index contributed by atoms with van der Waals surface area (Å²) in [5.41, 5.74) is -0.133. The van der Waals surface area contributed by atoms with Gasteiger partial charge in [0.15, 0.2) is 0 Å². The molecule has 0 spiro atoms. The summed E-state index contributed by atoms with van der Waals surface area (Å²) in [6, 6.07) is 2.21. The molecular weight excluding hydrogens is 312 g/mol. The molecule has 0 atom stereocenters. The smallest absolute Gasteiger partial charge is 0.338 e. The van der Waals surface area contributed by atoms with Crippen molar-refractivity contribution in [3.05, 3.63) is 28.8 Å². The van der Waals surface area contributed by atoms with Gasteiger partial charge in [0.1, 0.15) is 0 Å². The minimum absolute atomic E-state index is 0.0810. The molecule has 0 aliphatic rings. The first-order chi connectivity index (χ1) is 10.3. The van der Waals surface area contributed by atoms with Crippen LogP contribution in [0.4, 0.5) is 0 Å². The summed E-state index contributed by atoms with van der Waals surface area (Å²) in [7, 11) is -4.60. The van der Waals surface area contributed by atoms with E-state index in [1.54, 1.807) is 20.8 Å². The molecule has 0 heterocycles. The van der Waals surface area contributed by atoms with E-state index >= 15 is 0 Å². The molecule has 8 heteroatoms. The first-order valence-corrected chi connectivity index (χ1v) is 8.18. The van der Waals surface area contributed by atoms with E-state index in [-0.39, 0.29) is 36.3 Å². The molecule has 1 rings (SSSR count). The van der Waals surface area contributed by atoms with Crippen LogP contribution in [0.1, 0.15) is 47.1 Å². The highest BCUT2D eigenvalue weighted by atomic mass is 32.2. The predicted octanol–water partition coefficient (Wildman–Crippen LogP) is 1.85. The lowest BCUT2D eigenvalue weighted by Crippen LogP contribution is -2.15. The fraction of sp³-hybridized carbons (Fsp3) is 0.429. The summed E-state index contributed by atoms with van der Waals surface area (Å²) in [4.78, 5) is 23.3. The zero-order valence-electron chi connectivity index (χ0n) is 12.6. The van der Waals surface area contributed by atoms with Gasteiger partial charge in [-0.15, -0.1) is 0 Å². The molecule has 1 N–H and O–H groups in total. The molecule has 0 saturated heterocycles. The Morgan fingerprint density at radius 3 is 2.05 bits per heavy atom. The lowest BCUT2D eigenvalue weighted by Gasteiger charge is -2.13. The van der Waals surface area contributed by atoms with Crippen molar-refractivity contribution in [3.8, 4) is 0 Å². The Hall–Kier alpha value is -1.93. The average Bonchev–Trinajstić information content (AvgIpc) is 2.45. The van der Waals surface area contributed by atoms with Crippen molar-refractivity contribution in [1.29, 1.82) is 0 Å². The second kappa shape index (κ2) is 7.37. The third-order valence-corrected chi connectivity index (χ3v) is 3.77. The van der Waals surface area contributed by atoms with Crippen molar-refractivity contribution < 1.29 is 32.0 Å². The summed E-state index contributed by atoms with van der Waals surface area (Å²) in [5, 5.41) is 0. The zero-order valence-corrected chi connectivity index (χ0v) is 13.4. The van der Waals surface area contributed by atoms with Crippen molar-refractivity contribution in [3.63, 3.8) is 0 Å². The van der Waals surface area contributed by atoms with Gasteiger partial charge in [0.25, 0.3) is 10.1 Å². The fourth-order valence-corrected chi connectivity index (χ4v) is 2.81. The Kier molecular flexibility index (Phi) is 6.07. The van der Waals surface area contributed by atoms with Gasteiger partial charge in [-0.1, -0.05) is 6.92 Å². The number of rotatable bonds is 6. The minimum atomic E-state index is -4.60. The van der Waals surface area contributed by atoms with Crippen LogP contribution in [0.25, 0.3) is 0 Å². The van der Waals surface area contributed by atoms with Crippen LogP contribution < -0.4 is 0 Å². The predicted molar refractivity (Wildman–Crippen MR) is 77.5 cm³/mol. The van der Waals surface area contributed by atoms with Crippen LogP contribution in [0.2, 0.25) is 0 Å².